The Morgan fingerprint density at radius 2 is 2.12 bits per heavy atom. The third-order valence-corrected chi connectivity index (χ3v) is 3.55. The Morgan fingerprint density at radius 3 is 2.65 bits per heavy atom. The smallest absolute Gasteiger partial charge is 0.255 e. The number of ether oxygens (including phenoxy) is 1. The van der Waals surface area contributed by atoms with Gasteiger partial charge < -0.3 is 10.1 Å². The highest BCUT2D eigenvalue weighted by atomic mass is 16.5. The maximum atomic E-state index is 12.3. The standard InChI is InChI=1S/C14H19NO2/c1-10-6-4-7-11(17-3)12(10)13(16)15-14(2)8-5-9-14/h4,6-7H,5,8-9H2,1-3H3,(H,15,16). The highest BCUT2D eigenvalue weighted by Gasteiger charge is 2.34. The third kappa shape index (κ3) is 2.28. The van der Waals surface area contributed by atoms with Gasteiger partial charge in [-0.2, -0.15) is 0 Å². The van der Waals surface area contributed by atoms with Crippen molar-refractivity contribution in [1.82, 2.24) is 5.32 Å². The number of carbonyl (C=O) groups is 1. The Bertz CT molecular complexity index is 436. The summed E-state index contributed by atoms with van der Waals surface area (Å²) in [7, 11) is 1.59. The lowest BCUT2D eigenvalue weighted by molar-refractivity contribution is 0.0846. The van der Waals surface area contributed by atoms with E-state index in [4.69, 9.17) is 4.74 Å². The molecule has 1 aromatic carbocycles. The highest BCUT2D eigenvalue weighted by molar-refractivity contribution is 5.98. The zero-order valence-corrected chi connectivity index (χ0v) is 10.7. The number of carbonyl (C=O) groups excluding carboxylic acids is 1. The van der Waals surface area contributed by atoms with Crippen LogP contribution in [-0.4, -0.2) is 18.6 Å². The van der Waals surface area contributed by atoms with Crippen LogP contribution in [0.4, 0.5) is 0 Å². The van der Waals surface area contributed by atoms with Crippen molar-refractivity contribution in [2.75, 3.05) is 7.11 Å². The summed E-state index contributed by atoms with van der Waals surface area (Å²) in [5, 5.41) is 3.11. The molecule has 1 amide bonds. The number of rotatable bonds is 3. The lowest BCUT2D eigenvalue weighted by Crippen LogP contribution is -2.51. The molecule has 0 aromatic heterocycles. The monoisotopic (exact) mass is 233 g/mol. The molecule has 0 bridgehead atoms. The van der Waals surface area contributed by atoms with Gasteiger partial charge in [0.2, 0.25) is 0 Å². The zero-order chi connectivity index (χ0) is 12.5. The summed E-state index contributed by atoms with van der Waals surface area (Å²) in [6, 6.07) is 5.65. The van der Waals surface area contributed by atoms with E-state index in [1.807, 2.05) is 25.1 Å². The number of hydrogen-bond acceptors (Lipinski definition) is 2. The molecule has 0 atom stereocenters. The predicted molar refractivity (Wildman–Crippen MR) is 67.5 cm³/mol. The summed E-state index contributed by atoms with van der Waals surface area (Å²) in [4.78, 5) is 12.3. The van der Waals surface area contributed by atoms with Crippen LogP contribution in [-0.2, 0) is 0 Å². The molecule has 17 heavy (non-hydrogen) atoms. The Labute approximate surface area is 102 Å². The first kappa shape index (κ1) is 12.0. The number of aryl methyl sites for hydroxylation is 1. The number of hydrogen-bond donors (Lipinski definition) is 1. The molecule has 1 aromatic rings. The maximum Gasteiger partial charge on any atom is 0.255 e. The quantitative estimate of drug-likeness (QED) is 0.871. The van der Waals surface area contributed by atoms with Gasteiger partial charge >= 0.3 is 0 Å². The van der Waals surface area contributed by atoms with Crippen LogP contribution in [0.1, 0.15) is 42.1 Å². The summed E-state index contributed by atoms with van der Waals surface area (Å²) in [5.74, 6) is 0.618. The van der Waals surface area contributed by atoms with Gasteiger partial charge in [0.1, 0.15) is 5.75 Å². The summed E-state index contributed by atoms with van der Waals surface area (Å²) >= 11 is 0. The molecule has 1 N–H and O–H groups in total. The number of benzene rings is 1. The first-order valence-electron chi connectivity index (χ1n) is 6.02. The molecule has 0 unspecified atom stereocenters. The van der Waals surface area contributed by atoms with Gasteiger partial charge in [0.15, 0.2) is 0 Å². The molecule has 92 valence electrons. The molecule has 0 spiro atoms. The van der Waals surface area contributed by atoms with Crippen LogP contribution in [0.15, 0.2) is 18.2 Å². The van der Waals surface area contributed by atoms with E-state index in [1.165, 1.54) is 6.42 Å². The molecule has 0 radical (unpaired) electrons. The molecule has 1 aliphatic rings. The van der Waals surface area contributed by atoms with Crippen molar-refractivity contribution in [2.45, 2.75) is 38.6 Å². The first-order valence-corrected chi connectivity index (χ1v) is 6.02. The van der Waals surface area contributed by atoms with Crippen molar-refractivity contribution in [1.29, 1.82) is 0 Å². The minimum Gasteiger partial charge on any atom is -0.496 e. The molecule has 0 heterocycles. The van der Waals surface area contributed by atoms with Gasteiger partial charge in [0, 0.05) is 5.54 Å². The highest BCUT2D eigenvalue weighted by Crippen LogP contribution is 2.32. The molecular weight excluding hydrogens is 214 g/mol. The Balaban J connectivity index is 2.24. The third-order valence-electron chi connectivity index (χ3n) is 3.55. The van der Waals surface area contributed by atoms with Gasteiger partial charge in [-0.1, -0.05) is 12.1 Å². The van der Waals surface area contributed by atoms with Crippen LogP contribution < -0.4 is 10.1 Å². The molecule has 1 aliphatic carbocycles. The fraction of sp³-hybridized carbons (Fsp3) is 0.500. The molecule has 1 fully saturated rings. The van der Waals surface area contributed by atoms with Crippen molar-refractivity contribution in [3.63, 3.8) is 0 Å². The lowest BCUT2D eigenvalue weighted by atomic mass is 9.78. The van der Waals surface area contributed by atoms with Crippen molar-refractivity contribution in [3.8, 4) is 5.75 Å². The molecule has 2 rings (SSSR count). The number of methoxy groups -OCH3 is 1. The molecular formula is C14H19NO2. The largest absolute Gasteiger partial charge is 0.496 e. The summed E-state index contributed by atoms with van der Waals surface area (Å²) in [6.45, 7) is 4.03. The number of amides is 1. The minimum absolute atomic E-state index is 0.0234. The van der Waals surface area contributed by atoms with E-state index in [2.05, 4.69) is 12.2 Å². The zero-order valence-electron chi connectivity index (χ0n) is 10.7. The van der Waals surface area contributed by atoms with Crippen molar-refractivity contribution in [2.24, 2.45) is 0 Å². The average Bonchev–Trinajstić information content (AvgIpc) is 2.26. The van der Waals surface area contributed by atoms with E-state index in [9.17, 15) is 4.79 Å². The number of nitrogens with one attached hydrogen (secondary N) is 1. The van der Waals surface area contributed by atoms with Crippen molar-refractivity contribution in [3.05, 3.63) is 29.3 Å². The molecule has 1 saturated carbocycles. The normalized spacial score (nSPS) is 17.1. The van der Waals surface area contributed by atoms with Crippen LogP contribution in [0.5, 0.6) is 5.75 Å². The van der Waals surface area contributed by atoms with Gasteiger partial charge in [-0.3, -0.25) is 4.79 Å². The molecule has 3 nitrogen and oxygen atoms in total. The van der Waals surface area contributed by atoms with Gasteiger partial charge in [-0.15, -0.1) is 0 Å². The topological polar surface area (TPSA) is 38.3 Å². The Hall–Kier alpha value is -1.51. The van der Waals surface area contributed by atoms with E-state index in [0.29, 0.717) is 11.3 Å². The van der Waals surface area contributed by atoms with Crippen LogP contribution >= 0.6 is 0 Å². The summed E-state index contributed by atoms with van der Waals surface area (Å²) in [5.41, 5.74) is 1.58. The van der Waals surface area contributed by atoms with Crippen LogP contribution in [0.25, 0.3) is 0 Å². The van der Waals surface area contributed by atoms with Crippen LogP contribution in [0, 0.1) is 6.92 Å². The first-order chi connectivity index (χ1) is 8.06. The second kappa shape index (κ2) is 4.40. The van der Waals surface area contributed by atoms with E-state index in [0.717, 1.165) is 18.4 Å². The summed E-state index contributed by atoms with van der Waals surface area (Å²) < 4.78 is 5.25. The van der Waals surface area contributed by atoms with Crippen molar-refractivity contribution < 1.29 is 9.53 Å². The van der Waals surface area contributed by atoms with E-state index in [-0.39, 0.29) is 11.4 Å². The second-order valence-electron chi connectivity index (χ2n) is 5.02. The van der Waals surface area contributed by atoms with E-state index < -0.39 is 0 Å². The van der Waals surface area contributed by atoms with Crippen LogP contribution in [0.2, 0.25) is 0 Å². The summed E-state index contributed by atoms with van der Waals surface area (Å²) in [6.07, 6.45) is 3.32. The maximum absolute atomic E-state index is 12.3. The van der Waals surface area contributed by atoms with Gasteiger partial charge in [0.25, 0.3) is 5.91 Å². The van der Waals surface area contributed by atoms with Crippen molar-refractivity contribution >= 4 is 5.91 Å². The molecule has 3 heteroatoms. The Kier molecular flexibility index (Phi) is 3.09. The Morgan fingerprint density at radius 1 is 1.41 bits per heavy atom. The van der Waals surface area contributed by atoms with Crippen LogP contribution in [0.3, 0.4) is 0 Å². The fourth-order valence-electron chi connectivity index (χ4n) is 2.27. The second-order valence-corrected chi connectivity index (χ2v) is 5.02. The van der Waals surface area contributed by atoms with Gasteiger partial charge in [-0.05, 0) is 44.7 Å². The van der Waals surface area contributed by atoms with E-state index >= 15 is 0 Å². The predicted octanol–water partition coefficient (Wildman–Crippen LogP) is 2.68. The molecule has 0 saturated heterocycles. The average molecular weight is 233 g/mol. The lowest BCUT2D eigenvalue weighted by Gasteiger charge is -2.39. The minimum atomic E-state index is -0.0258. The molecule has 0 aliphatic heterocycles. The SMILES string of the molecule is COc1cccc(C)c1C(=O)NC1(C)CCC1. The fourth-order valence-corrected chi connectivity index (χ4v) is 2.27. The van der Waals surface area contributed by atoms with E-state index in [1.54, 1.807) is 7.11 Å². The van der Waals surface area contributed by atoms with Gasteiger partial charge in [0.05, 0.1) is 12.7 Å². The van der Waals surface area contributed by atoms with Gasteiger partial charge in [-0.25, -0.2) is 0 Å².